The third kappa shape index (κ3) is 3.84. The lowest BCUT2D eigenvalue weighted by Crippen LogP contribution is -2.01. The molecular formula is C17H14BrFN4. The van der Waals surface area contributed by atoms with E-state index >= 15 is 0 Å². The summed E-state index contributed by atoms with van der Waals surface area (Å²) in [6.07, 6.45) is 1.61. The fraction of sp³-hybridized carbons (Fsp3) is 0.0588. The van der Waals surface area contributed by atoms with Crippen LogP contribution in [-0.2, 0) is 0 Å². The first kappa shape index (κ1) is 15.4. The molecule has 0 saturated heterocycles. The molecule has 0 aliphatic heterocycles. The standard InChI is InChI=1S/C17H14BrFN4/c1-11-6-7-14(12(18)10-11)22-17-20-9-8-16(23-17)21-15-5-3-2-4-13(15)19/h2-10H,1H3,(H2,20,21,22,23). The van der Waals surface area contributed by atoms with Crippen LogP contribution in [0.5, 0.6) is 0 Å². The summed E-state index contributed by atoms with van der Waals surface area (Å²) >= 11 is 3.50. The summed E-state index contributed by atoms with van der Waals surface area (Å²) in [4.78, 5) is 8.53. The van der Waals surface area contributed by atoms with Gasteiger partial charge in [-0.05, 0) is 58.7 Å². The van der Waals surface area contributed by atoms with E-state index in [9.17, 15) is 4.39 Å². The van der Waals surface area contributed by atoms with Gasteiger partial charge in [-0.25, -0.2) is 9.37 Å². The van der Waals surface area contributed by atoms with E-state index in [2.05, 4.69) is 36.5 Å². The minimum absolute atomic E-state index is 0.332. The summed E-state index contributed by atoms with van der Waals surface area (Å²) in [6, 6.07) is 14.1. The molecule has 1 heterocycles. The van der Waals surface area contributed by atoms with Crippen molar-refractivity contribution in [3.05, 3.63) is 70.6 Å². The highest BCUT2D eigenvalue weighted by atomic mass is 79.9. The number of aromatic nitrogens is 2. The molecule has 0 bridgehead atoms. The molecule has 2 N–H and O–H groups in total. The molecule has 4 nitrogen and oxygen atoms in total. The van der Waals surface area contributed by atoms with Gasteiger partial charge in [-0.2, -0.15) is 4.98 Å². The monoisotopic (exact) mass is 372 g/mol. The number of nitrogens with zero attached hydrogens (tertiary/aromatic N) is 2. The Hall–Kier alpha value is -2.47. The smallest absolute Gasteiger partial charge is 0.229 e. The Morgan fingerprint density at radius 2 is 1.83 bits per heavy atom. The van der Waals surface area contributed by atoms with Crippen LogP contribution in [0.15, 0.2) is 59.2 Å². The zero-order valence-electron chi connectivity index (χ0n) is 12.3. The molecule has 23 heavy (non-hydrogen) atoms. The normalized spacial score (nSPS) is 10.4. The Labute approximate surface area is 141 Å². The summed E-state index contributed by atoms with van der Waals surface area (Å²) in [5.41, 5.74) is 2.38. The zero-order valence-corrected chi connectivity index (χ0v) is 13.9. The fourth-order valence-electron chi connectivity index (χ4n) is 2.03. The largest absolute Gasteiger partial charge is 0.338 e. The molecule has 0 fully saturated rings. The number of halogens is 2. The van der Waals surface area contributed by atoms with Crippen molar-refractivity contribution in [2.45, 2.75) is 6.92 Å². The van der Waals surface area contributed by atoms with E-state index in [1.807, 2.05) is 25.1 Å². The van der Waals surface area contributed by atoms with Gasteiger partial charge in [-0.15, -0.1) is 0 Å². The summed E-state index contributed by atoms with van der Waals surface area (Å²) in [5.74, 6) is 0.605. The average Bonchev–Trinajstić information content (AvgIpc) is 2.53. The Kier molecular flexibility index (Phi) is 4.52. The number of benzene rings is 2. The van der Waals surface area contributed by atoms with Crippen molar-refractivity contribution < 1.29 is 4.39 Å². The molecule has 0 aliphatic carbocycles. The van der Waals surface area contributed by atoms with Crippen LogP contribution in [0.3, 0.4) is 0 Å². The molecule has 0 saturated carbocycles. The highest BCUT2D eigenvalue weighted by molar-refractivity contribution is 9.10. The van der Waals surface area contributed by atoms with Gasteiger partial charge < -0.3 is 10.6 Å². The molecule has 0 atom stereocenters. The summed E-state index contributed by atoms with van der Waals surface area (Å²) in [6.45, 7) is 2.02. The molecule has 3 aromatic rings. The second-order valence-corrected chi connectivity index (χ2v) is 5.83. The van der Waals surface area contributed by atoms with E-state index in [0.29, 0.717) is 17.5 Å². The number of hydrogen-bond donors (Lipinski definition) is 2. The van der Waals surface area contributed by atoms with E-state index in [4.69, 9.17) is 0 Å². The molecule has 0 radical (unpaired) electrons. The van der Waals surface area contributed by atoms with Crippen molar-refractivity contribution in [1.82, 2.24) is 9.97 Å². The molecule has 3 rings (SSSR count). The minimum Gasteiger partial charge on any atom is -0.338 e. The highest BCUT2D eigenvalue weighted by Crippen LogP contribution is 2.26. The van der Waals surface area contributed by atoms with Crippen molar-refractivity contribution >= 4 is 39.1 Å². The highest BCUT2D eigenvalue weighted by Gasteiger charge is 2.06. The van der Waals surface area contributed by atoms with E-state index < -0.39 is 0 Å². The second kappa shape index (κ2) is 6.75. The minimum atomic E-state index is -0.332. The van der Waals surface area contributed by atoms with Crippen molar-refractivity contribution in [2.24, 2.45) is 0 Å². The van der Waals surface area contributed by atoms with Crippen LogP contribution in [0.4, 0.5) is 27.5 Å². The fourth-order valence-corrected chi connectivity index (χ4v) is 2.62. The van der Waals surface area contributed by atoms with Gasteiger partial charge in [0.05, 0.1) is 11.4 Å². The van der Waals surface area contributed by atoms with Gasteiger partial charge in [0.2, 0.25) is 5.95 Å². The Bertz CT molecular complexity index is 838. The van der Waals surface area contributed by atoms with E-state index in [1.54, 1.807) is 30.5 Å². The van der Waals surface area contributed by atoms with E-state index in [0.717, 1.165) is 15.7 Å². The van der Waals surface area contributed by atoms with E-state index in [1.165, 1.54) is 6.07 Å². The molecule has 1 aromatic heterocycles. The zero-order chi connectivity index (χ0) is 16.2. The van der Waals surface area contributed by atoms with Gasteiger partial charge in [0, 0.05) is 10.7 Å². The predicted octanol–water partition coefficient (Wildman–Crippen LogP) is 5.17. The first-order chi connectivity index (χ1) is 11.1. The number of anilines is 4. The van der Waals surface area contributed by atoms with Crippen LogP contribution in [0.25, 0.3) is 0 Å². The molecule has 0 amide bonds. The number of para-hydroxylation sites is 1. The lowest BCUT2D eigenvalue weighted by atomic mass is 10.2. The molecule has 116 valence electrons. The first-order valence-corrected chi connectivity index (χ1v) is 7.79. The summed E-state index contributed by atoms with van der Waals surface area (Å²) < 4.78 is 14.6. The average molecular weight is 373 g/mol. The van der Waals surface area contributed by atoms with Crippen molar-refractivity contribution in [1.29, 1.82) is 0 Å². The van der Waals surface area contributed by atoms with Gasteiger partial charge in [-0.3, -0.25) is 0 Å². The SMILES string of the molecule is Cc1ccc(Nc2nccc(Nc3ccccc3F)n2)c(Br)c1. The maximum Gasteiger partial charge on any atom is 0.229 e. The lowest BCUT2D eigenvalue weighted by molar-refractivity contribution is 0.632. The van der Waals surface area contributed by atoms with Crippen LogP contribution in [0.2, 0.25) is 0 Å². The second-order valence-electron chi connectivity index (χ2n) is 4.98. The maximum atomic E-state index is 13.7. The van der Waals surface area contributed by atoms with E-state index in [-0.39, 0.29) is 5.82 Å². The summed E-state index contributed by atoms with van der Waals surface area (Å²) in [5, 5.41) is 6.08. The van der Waals surface area contributed by atoms with Crippen molar-refractivity contribution in [3.63, 3.8) is 0 Å². The van der Waals surface area contributed by atoms with Gasteiger partial charge in [0.15, 0.2) is 0 Å². The van der Waals surface area contributed by atoms with Crippen molar-refractivity contribution in [2.75, 3.05) is 10.6 Å². The Balaban J connectivity index is 1.81. The maximum absolute atomic E-state index is 13.7. The topological polar surface area (TPSA) is 49.8 Å². The Morgan fingerprint density at radius 3 is 2.61 bits per heavy atom. The van der Waals surface area contributed by atoms with Crippen molar-refractivity contribution in [3.8, 4) is 0 Å². The van der Waals surface area contributed by atoms with Gasteiger partial charge in [0.25, 0.3) is 0 Å². The number of nitrogens with one attached hydrogen (secondary N) is 2. The number of aryl methyl sites for hydroxylation is 1. The molecule has 0 spiro atoms. The third-order valence-corrected chi connectivity index (χ3v) is 3.82. The van der Waals surface area contributed by atoms with Crippen LogP contribution < -0.4 is 10.6 Å². The molecule has 0 aliphatic rings. The Morgan fingerprint density at radius 1 is 1.00 bits per heavy atom. The summed E-state index contributed by atoms with van der Waals surface area (Å²) in [7, 11) is 0. The first-order valence-electron chi connectivity index (χ1n) is 6.99. The molecule has 0 unspecified atom stereocenters. The number of hydrogen-bond acceptors (Lipinski definition) is 4. The lowest BCUT2D eigenvalue weighted by Gasteiger charge is -2.10. The van der Waals surface area contributed by atoms with Crippen LogP contribution >= 0.6 is 15.9 Å². The molecule has 2 aromatic carbocycles. The van der Waals surface area contributed by atoms with Gasteiger partial charge in [0.1, 0.15) is 11.6 Å². The molecule has 6 heteroatoms. The quantitative estimate of drug-likeness (QED) is 0.662. The van der Waals surface area contributed by atoms with Crippen LogP contribution in [0.1, 0.15) is 5.56 Å². The number of rotatable bonds is 4. The van der Waals surface area contributed by atoms with Crippen LogP contribution in [0, 0.1) is 12.7 Å². The van der Waals surface area contributed by atoms with Gasteiger partial charge >= 0.3 is 0 Å². The predicted molar refractivity (Wildman–Crippen MR) is 93.9 cm³/mol. The molecular weight excluding hydrogens is 359 g/mol. The third-order valence-electron chi connectivity index (χ3n) is 3.16. The van der Waals surface area contributed by atoms with Crippen LogP contribution in [-0.4, -0.2) is 9.97 Å². The van der Waals surface area contributed by atoms with Gasteiger partial charge in [-0.1, -0.05) is 18.2 Å².